The second-order valence-corrected chi connectivity index (χ2v) is 5.38. The van der Waals surface area contributed by atoms with Crippen molar-refractivity contribution in [1.29, 1.82) is 0 Å². The topological polar surface area (TPSA) is 82.2 Å². The summed E-state index contributed by atoms with van der Waals surface area (Å²) < 4.78 is 7.19. The molecule has 0 amide bonds. The van der Waals surface area contributed by atoms with E-state index in [1.54, 1.807) is 10.7 Å². The van der Waals surface area contributed by atoms with E-state index in [-0.39, 0.29) is 0 Å². The lowest BCUT2D eigenvalue weighted by molar-refractivity contribution is 0.373. The Morgan fingerprint density at radius 2 is 2.10 bits per heavy atom. The number of hydrogen-bond acceptors (Lipinski definition) is 5. The minimum absolute atomic E-state index is 0.426. The molecule has 0 saturated heterocycles. The molecular weight excluding hydrogens is 254 g/mol. The van der Waals surface area contributed by atoms with Crippen LogP contribution < -0.4 is 5.73 Å². The van der Waals surface area contributed by atoms with Gasteiger partial charge in [-0.05, 0) is 25.0 Å². The summed E-state index contributed by atoms with van der Waals surface area (Å²) >= 11 is 0. The summed E-state index contributed by atoms with van der Waals surface area (Å²) in [6, 6.07) is 5.86. The van der Waals surface area contributed by atoms with E-state index >= 15 is 0 Å². The summed E-state index contributed by atoms with van der Waals surface area (Å²) in [6.07, 6.45) is 7.71. The zero-order chi connectivity index (χ0) is 13.6. The molecule has 20 heavy (non-hydrogen) atoms. The molecule has 6 nitrogen and oxygen atoms in total. The number of nitrogens with two attached hydrogens (primary N) is 1. The molecular formula is C14H15N5O. The molecule has 0 radical (unpaired) electrons. The Kier molecular flexibility index (Phi) is 2.40. The van der Waals surface area contributed by atoms with Gasteiger partial charge in [-0.1, -0.05) is 24.1 Å². The molecule has 3 heterocycles. The Morgan fingerprint density at radius 1 is 1.25 bits per heavy atom. The molecule has 3 aromatic heterocycles. The number of fused-ring (bicyclic) bond motifs is 1. The fourth-order valence-corrected chi connectivity index (χ4v) is 2.86. The quantitative estimate of drug-likeness (QED) is 0.770. The van der Waals surface area contributed by atoms with Crippen molar-refractivity contribution in [3.8, 4) is 11.5 Å². The molecule has 1 aliphatic rings. The van der Waals surface area contributed by atoms with Crippen molar-refractivity contribution in [2.75, 3.05) is 0 Å². The summed E-state index contributed by atoms with van der Waals surface area (Å²) in [5.74, 6) is 1.10. The van der Waals surface area contributed by atoms with Gasteiger partial charge in [0, 0.05) is 6.20 Å². The van der Waals surface area contributed by atoms with Crippen LogP contribution in [0.25, 0.3) is 17.0 Å². The van der Waals surface area contributed by atoms with Gasteiger partial charge in [0.05, 0.1) is 22.8 Å². The highest BCUT2D eigenvalue weighted by atomic mass is 16.5. The van der Waals surface area contributed by atoms with Crippen molar-refractivity contribution >= 4 is 5.52 Å². The largest absolute Gasteiger partial charge is 0.334 e. The smallest absolute Gasteiger partial charge is 0.261 e. The molecule has 2 N–H and O–H groups in total. The lowest BCUT2D eigenvalue weighted by atomic mass is 9.99. The van der Waals surface area contributed by atoms with Crippen LogP contribution in [0.3, 0.4) is 0 Å². The van der Waals surface area contributed by atoms with Gasteiger partial charge in [0.15, 0.2) is 5.82 Å². The van der Waals surface area contributed by atoms with Gasteiger partial charge < -0.3 is 10.3 Å². The highest BCUT2D eigenvalue weighted by Crippen LogP contribution is 2.35. The number of pyridine rings is 1. The predicted molar refractivity (Wildman–Crippen MR) is 72.8 cm³/mol. The average Bonchev–Trinajstić information content (AvgIpc) is 3.16. The Labute approximate surface area is 115 Å². The van der Waals surface area contributed by atoms with Gasteiger partial charge >= 0.3 is 0 Å². The SMILES string of the molecule is NC1(c2noc(-c3cnn4ccccc34)n2)CCCC1. The van der Waals surface area contributed by atoms with E-state index in [9.17, 15) is 0 Å². The molecule has 0 atom stereocenters. The Bertz CT molecular complexity index is 754. The summed E-state index contributed by atoms with van der Waals surface area (Å²) in [4.78, 5) is 4.50. The maximum absolute atomic E-state index is 6.35. The van der Waals surface area contributed by atoms with Crippen LogP contribution >= 0.6 is 0 Å². The zero-order valence-electron chi connectivity index (χ0n) is 11.0. The first kappa shape index (κ1) is 11.6. The van der Waals surface area contributed by atoms with Crippen molar-refractivity contribution < 1.29 is 4.52 Å². The molecule has 4 rings (SSSR count). The van der Waals surface area contributed by atoms with E-state index in [4.69, 9.17) is 10.3 Å². The van der Waals surface area contributed by atoms with Crippen molar-refractivity contribution in [1.82, 2.24) is 19.8 Å². The molecule has 1 aliphatic carbocycles. The summed E-state index contributed by atoms with van der Waals surface area (Å²) in [5.41, 5.74) is 7.71. The highest BCUT2D eigenvalue weighted by molar-refractivity contribution is 5.74. The van der Waals surface area contributed by atoms with E-state index < -0.39 is 5.54 Å². The van der Waals surface area contributed by atoms with Crippen LogP contribution in [-0.2, 0) is 5.54 Å². The van der Waals surface area contributed by atoms with Gasteiger partial charge in [0.25, 0.3) is 5.89 Å². The van der Waals surface area contributed by atoms with E-state index in [1.165, 1.54) is 0 Å². The van der Waals surface area contributed by atoms with Gasteiger partial charge in [-0.2, -0.15) is 10.1 Å². The molecule has 0 spiro atoms. The van der Waals surface area contributed by atoms with Crippen LogP contribution in [0.2, 0.25) is 0 Å². The number of nitrogens with zero attached hydrogens (tertiary/aromatic N) is 4. The van der Waals surface area contributed by atoms with Crippen molar-refractivity contribution in [3.05, 3.63) is 36.4 Å². The third-order valence-corrected chi connectivity index (χ3v) is 4.02. The summed E-state index contributed by atoms with van der Waals surface area (Å²) in [5, 5.41) is 8.36. The van der Waals surface area contributed by atoms with E-state index in [0.29, 0.717) is 11.7 Å². The normalized spacial score (nSPS) is 17.9. The first-order valence-corrected chi connectivity index (χ1v) is 6.82. The Balaban J connectivity index is 1.78. The molecule has 0 unspecified atom stereocenters. The van der Waals surface area contributed by atoms with Gasteiger partial charge in [-0.15, -0.1) is 0 Å². The predicted octanol–water partition coefficient (Wildman–Crippen LogP) is 2.11. The molecule has 3 aromatic rings. The Morgan fingerprint density at radius 3 is 2.95 bits per heavy atom. The molecule has 0 aromatic carbocycles. The number of aromatic nitrogens is 4. The van der Waals surface area contributed by atoms with Crippen LogP contribution in [0.1, 0.15) is 31.5 Å². The molecule has 102 valence electrons. The van der Waals surface area contributed by atoms with Crippen molar-refractivity contribution in [2.24, 2.45) is 5.73 Å². The molecule has 1 saturated carbocycles. The molecule has 1 fully saturated rings. The fraction of sp³-hybridized carbons (Fsp3) is 0.357. The van der Waals surface area contributed by atoms with E-state index in [1.807, 2.05) is 24.4 Å². The Hall–Kier alpha value is -2.21. The fourth-order valence-electron chi connectivity index (χ4n) is 2.86. The van der Waals surface area contributed by atoms with Crippen LogP contribution in [0, 0.1) is 0 Å². The average molecular weight is 269 g/mol. The first-order valence-electron chi connectivity index (χ1n) is 6.82. The van der Waals surface area contributed by atoms with E-state index in [0.717, 1.165) is 36.8 Å². The summed E-state index contributed by atoms with van der Waals surface area (Å²) in [6.45, 7) is 0. The van der Waals surface area contributed by atoms with Crippen LogP contribution in [0.5, 0.6) is 0 Å². The highest BCUT2D eigenvalue weighted by Gasteiger charge is 2.36. The minimum atomic E-state index is -0.426. The van der Waals surface area contributed by atoms with Gasteiger partial charge in [0.2, 0.25) is 0 Å². The monoisotopic (exact) mass is 269 g/mol. The third kappa shape index (κ3) is 1.65. The summed E-state index contributed by atoms with van der Waals surface area (Å²) in [7, 11) is 0. The van der Waals surface area contributed by atoms with Gasteiger partial charge in [0.1, 0.15) is 0 Å². The number of rotatable bonds is 2. The van der Waals surface area contributed by atoms with Crippen LogP contribution in [-0.4, -0.2) is 19.8 Å². The second-order valence-electron chi connectivity index (χ2n) is 5.38. The minimum Gasteiger partial charge on any atom is -0.334 e. The molecule has 0 aliphatic heterocycles. The number of hydrogen-bond donors (Lipinski definition) is 1. The first-order chi connectivity index (χ1) is 9.76. The third-order valence-electron chi connectivity index (χ3n) is 4.02. The lowest BCUT2D eigenvalue weighted by Crippen LogP contribution is -2.34. The zero-order valence-corrected chi connectivity index (χ0v) is 11.0. The molecule has 0 bridgehead atoms. The maximum atomic E-state index is 6.35. The van der Waals surface area contributed by atoms with E-state index in [2.05, 4.69) is 15.2 Å². The van der Waals surface area contributed by atoms with Crippen molar-refractivity contribution in [2.45, 2.75) is 31.2 Å². The maximum Gasteiger partial charge on any atom is 0.261 e. The van der Waals surface area contributed by atoms with Crippen LogP contribution in [0.4, 0.5) is 0 Å². The van der Waals surface area contributed by atoms with Gasteiger partial charge in [-0.25, -0.2) is 4.52 Å². The van der Waals surface area contributed by atoms with Crippen LogP contribution in [0.15, 0.2) is 35.1 Å². The molecule has 6 heteroatoms. The second kappa shape index (κ2) is 4.14. The lowest BCUT2D eigenvalue weighted by Gasteiger charge is -2.17. The van der Waals surface area contributed by atoms with Gasteiger partial charge in [-0.3, -0.25) is 0 Å². The standard InChI is InChI=1S/C14H15N5O/c15-14(6-2-3-7-14)13-17-12(20-18-13)10-9-16-19-8-4-1-5-11(10)19/h1,4-5,8-9H,2-3,6-7,15H2. The van der Waals surface area contributed by atoms with Crippen molar-refractivity contribution in [3.63, 3.8) is 0 Å².